The van der Waals surface area contributed by atoms with Gasteiger partial charge in [0.25, 0.3) is 0 Å². The lowest BCUT2D eigenvalue weighted by molar-refractivity contribution is 0.660. The Morgan fingerprint density at radius 2 is 0.835 bits per heavy atom. The van der Waals surface area contributed by atoms with E-state index in [1.54, 1.807) is 0 Å². The van der Waals surface area contributed by atoms with Crippen molar-refractivity contribution in [1.29, 1.82) is 0 Å². The van der Waals surface area contributed by atoms with E-state index in [9.17, 15) is 0 Å². The zero-order valence-corrected chi connectivity index (χ0v) is 44.4. The van der Waals surface area contributed by atoms with Gasteiger partial charge in [-0.25, -0.2) is 0 Å². The van der Waals surface area contributed by atoms with Crippen LogP contribution < -0.4 is 9.80 Å². The first-order valence-corrected chi connectivity index (χ1v) is 27.8. The highest BCUT2D eigenvalue weighted by atomic mass is 15.2. The van der Waals surface area contributed by atoms with Crippen molar-refractivity contribution in [3.63, 3.8) is 0 Å². The van der Waals surface area contributed by atoms with Gasteiger partial charge in [0.2, 0.25) is 0 Å². The van der Waals surface area contributed by atoms with Crippen molar-refractivity contribution < 1.29 is 0 Å². The van der Waals surface area contributed by atoms with Crippen molar-refractivity contribution in [3.8, 4) is 44.5 Å². The zero-order valence-electron chi connectivity index (χ0n) is 44.4. The molecule has 2 nitrogen and oxygen atoms in total. The van der Waals surface area contributed by atoms with Gasteiger partial charge in [0.1, 0.15) is 0 Å². The van der Waals surface area contributed by atoms with Crippen LogP contribution in [0.15, 0.2) is 285 Å². The summed E-state index contributed by atoms with van der Waals surface area (Å²) in [5, 5.41) is 12.1. The SMILES string of the molecule is CC1(C)c2ccccc2-c2ccc(-c3ccc(-c4c5cc(N(C6=CCCC=C6)c6cccc7ccccc67)ccc5c(-c5cccc6ccccc56)c5cc(N(c6ccccc6)c6cccc7ccccc67)ccc45)cc3)cc21. The van der Waals surface area contributed by atoms with E-state index >= 15 is 0 Å². The van der Waals surface area contributed by atoms with Crippen LogP contribution >= 0.6 is 0 Å². The van der Waals surface area contributed by atoms with E-state index in [1.165, 1.54) is 115 Å². The van der Waals surface area contributed by atoms with E-state index in [2.05, 4.69) is 303 Å². The van der Waals surface area contributed by atoms with Crippen LogP contribution in [0, 0.1) is 0 Å². The molecule has 79 heavy (non-hydrogen) atoms. The number of fused-ring (bicyclic) bond motifs is 8. The fourth-order valence-electron chi connectivity index (χ4n) is 13.2. The second-order valence-electron chi connectivity index (χ2n) is 21.9. The van der Waals surface area contributed by atoms with Gasteiger partial charge in [-0.1, -0.05) is 232 Å². The second kappa shape index (κ2) is 18.8. The Morgan fingerprint density at radius 1 is 0.316 bits per heavy atom. The molecule has 15 rings (SSSR count). The molecule has 2 aliphatic rings. The first-order chi connectivity index (χ1) is 39.0. The third kappa shape index (κ3) is 7.70. The van der Waals surface area contributed by atoms with Crippen molar-refractivity contribution in [2.45, 2.75) is 32.1 Å². The molecule has 0 atom stereocenters. The second-order valence-corrected chi connectivity index (χ2v) is 21.9. The summed E-state index contributed by atoms with van der Waals surface area (Å²) in [6, 6.07) is 97.4. The number of nitrogens with zero attached hydrogens (tertiary/aromatic N) is 2. The van der Waals surface area contributed by atoms with Crippen LogP contribution in [-0.4, -0.2) is 0 Å². The van der Waals surface area contributed by atoms with E-state index in [0.717, 1.165) is 41.3 Å². The lowest BCUT2D eigenvalue weighted by Crippen LogP contribution is -2.16. The Bertz CT molecular complexity index is 4620. The maximum absolute atomic E-state index is 2.49. The molecule has 0 saturated carbocycles. The molecule has 0 aliphatic heterocycles. The maximum atomic E-state index is 2.49. The molecule has 0 heterocycles. The molecule has 0 bridgehead atoms. The summed E-state index contributed by atoms with van der Waals surface area (Å²) in [5.41, 5.74) is 19.4. The molecule has 13 aromatic carbocycles. The monoisotopic (exact) mass is 1010 g/mol. The summed E-state index contributed by atoms with van der Waals surface area (Å²) in [6.07, 6.45) is 9.06. The number of hydrogen-bond donors (Lipinski definition) is 0. The van der Waals surface area contributed by atoms with Crippen LogP contribution in [0.5, 0.6) is 0 Å². The van der Waals surface area contributed by atoms with Crippen LogP contribution in [0.4, 0.5) is 28.4 Å². The molecule has 374 valence electrons. The average Bonchev–Trinajstić information content (AvgIpc) is 4.00. The van der Waals surface area contributed by atoms with Gasteiger partial charge < -0.3 is 9.80 Å². The number of rotatable bonds is 9. The van der Waals surface area contributed by atoms with E-state index in [0.29, 0.717) is 0 Å². The van der Waals surface area contributed by atoms with Gasteiger partial charge in [0.15, 0.2) is 0 Å². The third-order valence-electron chi connectivity index (χ3n) is 17.0. The molecule has 0 unspecified atom stereocenters. The summed E-state index contributed by atoms with van der Waals surface area (Å²) >= 11 is 0. The molecular weight excluding hydrogens is 953 g/mol. The van der Waals surface area contributed by atoms with E-state index < -0.39 is 0 Å². The Kier molecular flexibility index (Phi) is 11.1. The predicted molar refractivity (Wildman–Crippen MR) is 338 cm³/mol. The minimum atomic E-state index is -0.0881. The zero-order chi connectivity index (χ0) is 52.6. The van der Waals surface area contributed by atoms with E-state index in [1.807, 2.05) is 0 Å². The quantitative estimate of drug-likeness (QED) is 0.133. The molecule has 0 radical (unpaired) electrons. The first-order valence-electron chi connectivity index (χ1n) is 27.8. The van der Waals surface area contributed by atoms with E-state index in [4.69, 9.17) is 0 Å². The largest absolute Gasteiger partial charge is 0.310 e. The Balaban J connectivity index is 1.02. The molecule has 0 saturated heterocycles. The Hall–Kier alpha value is -9.76. The van der Waals surface area contributed by atoms with Crippen molar-refractivity contribution in [1.82, 2.24) is 0 Å². The van der Waals surface area contributed by atoms with Gasteiger partial charge in [-0.15, -0.1) is 0 Å². The molecular formula is C77H56N2. The minimum Gasteiger partial charge on any atom is -0.310 e. The molecule has 0 aromatic heterocycles. The summed E-state index contributed by atoms with van der Waals surface area (Å²) in [7, 11) is 0. The van der Waals surface area contributed by atoms with Gasteiger partial charge in [0, 0.05) is 38.9 Å². The number of hydrogen-bond acceptors (Lipinski definition) is 2. The molecule has 0 spiro atoms. The lowest BCUT2D eigenvalue weighted by Gasteiger charge is -2.30. The van der Waals surface area contributed by atoms with Gasteiger partial charge in [-0.2, -0.15) is 0 Å². The minimum absolute atomic E-state index is 0.0881. The van der Waals surface area contributed by atoms with Gasteiger partial charge in [-0.3, -0.25) is 0 Å². The highest BCUT2D eigenvalue weighted by Gasteiger charge is 2.35. The molecule has 0 N–H and O–H groups in total. The average molecular weight is 1010 g/mol. The predicted octanol–water partition coefficient (Wildman–Crippen LogP) is 21.6. The molecule has 2 aliphatic carbocycles. The third-order valence-corrected chi connectivity index (χ3v) is 17.0. The fourth-order valence-corrected chi connectivity index (χ4v) is 13.2. The molecule has 0 amide bonds. The summed E-state index contributed by atoms with van der Waals surface area (Å²) in [5.74, 6) is 0. The van der Waals surface area contributed by atoms with Crippen LogP contribution in [-0.2, 0) is 5.41 Å². The smallest absolute Gasteiger partial charge is 0.0540 e. The number of benzene rings is 13. The van der Waals surface area contributed by atoms with Crippen molar-refractivity contribution in [3.05, 3.63) is 296 Å². The highest BCUT2D eigenvalue weighted by Crippen LogP contribution is 2.52. The molecule has 13 aromatic rings. The van der Waals surface area contributed by atoms with Crippen LogP contribution in [0.25, 0.3) is 98.4 Å². The first kappa shape index (κ1) is 46.5. The Labute approximate surface area is 462 Å². The number of para-hydroxylation sites is 1. The normalized spacial score (nSPS) is 13.5. The standard InChI is InChI=1S/C77H56N2/c1-77(2)71-35-16-15-33-64(71)65-45-42-56(48-72(65)77)51-38-40-55(41-39-51)75-67-46-43-60(79(58-28-7-4-8-29-58)74-37-19-25-54-22-11-14-32-63(54)74)50-70(67)76(66-34-17-23-52-20-9-12-30-61(52)66)68-47-44-59(49-69(68)75)78(57-26-5-3-6-27-57)73-36-18-24-53-21-10-13-31-62(53)73/h4-5,7-50H,3,6H2,1-2H3. The molecule has 2 heteroatoms. The number of allylic oxidation sites excluding steroid dienone is 3. The van der Waals surface area contributed by atoms with Gasteiger partial charge in [0.05, 0.1) is 11.4 Å². The molecule has 0 fully saturated rings. The summed E-state index contributed by atoms with van der Waals surface area (Å²) < 4.78 is 0. The summed E-state index contributed by atoms with van der Waals surface area (Å²) in [4.78, 5) is 4.94. The highest BCUT2D eigenvalue weighted by molar-refractivity contribution is 6.25. The Morgan fingerprint density at radius 3 is 1.53 bits per heavy atom. The number of anilines is 5. The van der Waals surface area contributed by atoms with Gasteiger partial charge in [-0.05, 0) is 172 Å². The van der Waals surface area contributed by atoms with Crippen LogP contribution in [0.3, 0.4) is 0 Å². The fraction of sp³-hybridized carbons (Fsp3) is 0.0649. The van der Waals surface area contributed by atoms with E-state index in [-0.39, 0.29) is 5.41 Å². The lowest BCUT2D eigenvalue weighted by atomic mass is 9.81. The van der Waals surface area contributed by atoms with Crippen molar-refractivity contribution in [2.75, 3.05) is 9.80 Å². The topological polar surface area (TPSA) is 6.48 Å². The summed E-state index contributed by atoms with van der Waals surface area (Å²) in [6.45, 7) is 4.73. The van der Waals surface area contributed by atoms with Crippen LogP contribution in [0.2, 0.25) is 0 Å². The van der Waals surface area contributed by atoms with Gasteiger partial charge >= 0.3 is 0 Å². The van der Waals surface area contributed by atoms with Crippen LogP contribution in [0.1, 0.15) is 37.8 Å². The maximum Gasteiger partial charge on any atom is 0.0540 e. The van der Waals surface area contributed by atoms with Crippen molar-refractivity contribution >= 4 is 82.3 Å². The van der Waals surface area contributed by atoms with Crippen molar-refractivity contribution in [2.24, 2.45) is 0 Å².